The molecule has 0 unspecified atom stereocenters. The summed E-state index contributed by atoms with van der Waals surface area (Å²) in [6.07, 6.45) is 1.86. The molecule has 0 fully saturated rings. The molecule has 0 atom stereocenters. The molecule has 0 aliphatic rings. The van der Waals surface area contributed by atoms with Gasteiger partial charge in [0.1, 0.15) is 5.75 Å². The Hall–Kier alpha value is -2.41. The highest BCUT2D eigenvalue weighted by atomic mass is 35.5. The van der Waals surface area contributed by atoms with E-state index < -0.39 is 0 Å². The molecule has 4 aromatic rings. The average molecular weight is 432 g/mol. The summed E-state index contributed by atoms with van der Waals surface area (Å²) in [5.41, 5.74) is 1.39. The summed E-state index contributed by atoms with van der Waals surface area (Å²) in [5, 5.41) is 5.27. The van der Waals surface area contributed by atoms with Crippen molar-refractivity contribution in [3.63, 3.8) is 0 Å². The topological polar surface area (TPSA) is 56.5 Å². The Balaban J connectivity index is 1.69. The summed E-state index contributed by atoms with van der Waals surface area (Å²) in [4.78, 5) is 17.7. The molecule has 0 bridgehead atoms. The van der Waals surface area contributed by atoms with E-state index in [1.807, 2.05) is 38.1 Å². The summed E-state index contributed by atoms with van der Waals surface area (Å²) >= 11 is 13.3. The minimum Gasteiger partial charge on any atom is -0.491 e. The van der Waals surface area contributed by atoms with Crippen LogP contribution in [0.4, 0.5) is 0 Å². The van der Waals surface area contributed by atoms with E-state index in [2.05, 4.69) is 10.1 Å². The Labute approximate surface area is 174 Å². The van der Waals surface area contributed by atoms with Crippen LogP contribution < -0.4 is 14.8 Å². The number of thiazole rings is 1. The largest absolute Gasteiger partial charge is 0.491 e. The predicted molar refractivity (Wildman–Crippen MR) is 114 cm³/mol. The van der Waals surface area contributed by atoms with Crippen LogP contribution in [0, 0.1) is 0 Å². The molecule has 0 aliphatic heterocycles. The van der Waals surface area contributed by atoms with Crippen molar-refractivity contribution >= 4 is 45.6 Å². The van der Waals surface area contributed by atoms with Crippen molar-refractivity contribution in [1.82, 2.24) is 14.6 Å². The van der Waals surface area contributed by atoms with Crippen LogP contribution in [0.5, 0.6) is 5.75 Å². The van der Waals surface area contributed by atoms with Crippen LogP contribution in [-0.4, -0.2) is 20.7 Å². The average Bonchev–Trinajstić information content (AvgIpc) is 3.18. The minimum atomic E-state index is -0.218. The van der Waals surface area contributed by atoms with Gasteiger partial charge in [0, 0.05) is 5.56 Å². The molecule has 4 rings (SSSR count). The lowest BCUT2D eigenvalue weighted by atomic mass is 10.2. The van der Waals surface area contributed by atoms with E-state index in [9.17, 15) is 4.79 Å². The summed E-state index contributed by atoms with van der Waals surface area (Å²) in [5.74, 6) is 1.28. The van der Waals surface area contributed by atoms with Crippen molar-refractivity contribution in [2.45, 2.75) is 20.0 Å². The third kappa shape index (κ3) is 3.76. The molecule has 0 amide bonds. The van der Waals surface area contributed by atoms with E-state index in [0.717, 1.165) is 16.9 Å². The van der Waals surface area contributed by atoms with E-state index in [-0.39, 0.29) is 11.7 Å². The maximum atomic E-state index is 12.7. The van der Waals surface area contributed by atoms with E-state index in [1.54, 1.807) is 24.3 Å². The zero-order valence-electron chi connectivity index (χ0n) is 15.0. The van der Waals surface area contributed by atoms with Gasteiger partial charge >= 0.3 is 0 Å². The fourth-order valence-electron chi connectivity index (χ4n) is 2.66. The first kappa shape index (κ1) is 18.9. The first-order valence-electron chi connectivity index (χ1n) is 8.54. The highest BCUT2D eigenvalue weighted by molar-refractivity contribution is 7.15. The molecule has 2 aromatic carbocycles. The molecule has 2 aromatic heterocycles. The molecule has 28 heavy (non-hydrogen) atoms. The maximum absolute atomic E-state index is 12.7. The van der Waals surface area contributed by atoms with E-state index in [4.69, 9.17) is 27.9 Å². The highest BCUT2D eigenvalue weighted by Crippen LogP contribution is 2.23. The lowest BCUT2D eigenvalue weighted by Crippen LogP contribution is -2.23. The van der Waals surface area contributed by atoms with Gasteiger partial charge in [-0.2, -0.15) is 9.50 Å². The number of halogens is 2. The number of rotatable bonds is 4. The van der Waals surface area contributed by atoms with E-state index in [0.29, 0.717) is 25.4 Å². The van der Waals surface area contributed by atoms with E-state index in [1.165, 1.54) is 15.9 Å². The zero-order chi connectivity index (χ0) is 19.8. The van der Waals surface area contributed by atoms with Gasteiger partial charge in [-0.3, -0.25) is 4.79 Å². The van der Waals surface area contributed by atoms with Gasteiger partial charge in [0.2, 0.25) is 4.96 Å². The van der Waals surface area contributed by atoms with Gasteiger partial charge in [0.05, 0.1) is 20.7 Å². The first-order chi connectivity index (χ1) is 13.4. The molecule has 5 nitrogen and oxygen atoms in total. The number of nitrogens with zero attached hydrogens (tertiary/aromatic N) is 3. The second kappa shape index (κ2) is 7.54. The van der Waals surface area contributed by atoms with Gasteiger partial charge < -0.3 is 4.74 Å². The molecule has 0 N–H and O–H groups in total. The second-order valence-corrected chi connectivity index (χ2v) is 8.23. The number of benzene rings is 2. The smallest absolute Gasteiger partial charge is 0.291 e. The summed E-state index contributed by atoms with van der Waals surface area (Å²) < 4.78 is 7.49. The summed E-state index contributed by atoms with van der Waals surface area (Å²) in [6, 6.07) is 12.7. The zero-order valence-corrected chi connectivity index (χ0v) is 17.3. The Kier molecular flexibility index (Phi) is 5.10. The molecule has 2 heterocycles. The standard InChI is InChI=1S/C20H15Cl2N3O2S/c1-11(2)27-14-6-4-13(5-7-14)18-23-20-25(24-18)19(26)17(28-20)10-12-3-8-15(21)16(22)9-12/h3-11H,1-2H3/b17-10-. The number of hydrogen-bond acceptors (Lipinski definition) is 5. The maximum Gasteiger partial charge on any atom is 0.291 e. The monoisotopic (exact) mass is 431 g/mol. The predicted octanol–water partition coefficient (Wildman–Crippen LogP) is 4.46. The second-order valence-electron chi connectivity index (χ2n) is 6.41. The van der Waals surface area contributed by atoms with Crippen LogP contribution in [0.15, 0.2) is 47.3 Å². The molecule has 0 saturated heterocycles. The van der Waals surface area contributed by atoms with Crippen LogP contribution in [0.3, 0.4) is 0 Å². The van der Waals surface area contributed by atoms with Gasteiger partial charge in [0.15, 0.2) is 5.82 Å². The Morgan fingerprint density at radius 3 is 2.50 bits per heavy atom. The molecular formula is C20H15Cl2N3O2S. The van der Waals surface area contributed by atoms with Crippen molar-refractivity contribution in [1.29, 1.82) is 0 Å². The van der Waals surface area contributed by atoms with Crippen molar-refractivity contribution < 1.29 is 4.74 Å². The fraction of sp³-hybridized carbons (Fsp3) is 0.150. The van der Waals surface area contributed by atoms with Crippen LogP contribution in [0.25, 0.3) is 22.4 Å². The van der Waals surface area contributed by atoms with Gasteiger partial charge in [-0.25, -0.2) is 0 Å². The Morgan fingerprint density at radius 2 is 1.86 bits per heavy atom. The van der Waals surface area contributed by atoms with Gasteiger partial charge in [-0.05, 0) is 61.9 Å². The Bertz CT molecular complexity index is 1260. The lowest BCUT2D eigenvalue weighted by Gasteiger charge is -2.09. The molecule has 0 aliphatic carbocycles. The van der Waals surface area contributed by atoms with Gasteiger partial charge in [0.25, 0.3) is 5.56 Å². The fourth-order valence-corrected chi connectivity index (χ4v) is 3.88. The highest BCUT2D eigenvalue weighted by Gasteiger charge is 2.12. The molecule has 142 valence electrons. The number of ether oxygens (including phenoxy) is 1. The van der Waals surface area contributed by atoms with Crippen molar-refractivity contribution in [2.24, 2.45) is 0 Å². The molecular weight excluding hydrogens is 417 g/mol. The molecule has 0 saturated carbocycles. The third-order valence-corrected chi connectivity index (χ3v) is 5.61. The quantitative estimate of drug-likeness (QED) is 0.478. The minimum absolute atomic E-state index is 0.107. The molecule has 8 heteroatoms. The molecule has 0 radical (unpaired) electrons. The summed E-state index contributed by atoms with van der Waals surface area (Å²) in [6.45, 7) is 3.95. The van der Waals surface area contributed by atoms with Crippen LogP contribution in [0.1, 0.15) is 19.4 Å². The third-order valence-electron chi connectivity index (χ3n) is 3.91. The van der Waals surface area contributed by atoms with Gasteiger partial charge in [-0.1, -0.05) is 40.6 Å². The normalized spacial score (nSPS) is 12.2. The molecule has 0 spiro atoms. The van der Waals surface area contributed by atoms with Crippen molar-refractivity contribution in [3.8, 4) is 17.1 Å². The van der Waals surface area contributed by atoms with Crippen molar-refractivity contribution in [2.75, 3.05) is 0 Å². The van der Waals surface area contributed by atoms with Crippen molar-refractivity contribution in [3.05, 3.63) is 73.0 Å². The number of hydrogen-bond donors (Lipinski definition) is 0. The van der Waals surface area contributed by atoms with Crippen LogP contribution in [-0.2, 0) is 0 Å². The van der Waals surface area contributed by atoms with E-state index >= 15 is 0 Å². The lowest BCUT2D eigenvalue weighted by molar-refractivity contribution is 0.242. The van der Waals surface area contributed by atoms with Gasteiger partial charge in [-0.15, -0.1) is 5.10 Å². The SMILES string of the molecule is CC(C)Oc1ccc(-c2nc3s/c(=C\c4ccc(Cl)c(Cl)c4)c(=O)n3n2)cc1. The van der Waals surface area contributed by atoms with Crippen LogP contribution in [0.2, 0.25) is 10.0 Å². The first-order valence-corrected chi connectivity index (χ1v) is 10.1. The Morgan fingerprint density at radius 1 is 1.11 bits per heavy atom. The summed E-state index contributed by atoms with van der Waals surface area (Å²) in [7, 11) is 0. The number of aromatic nitrogens is 3. The number of fused-ring (bicyclic) bond motifs is 1. The van der Waals surface area contributed by atoms with Crippen LogP contribution >= 0.6 is 34.5 Å².